The van der Waals surface area contributed by atoms with E-state index in [4.69, 9.17) is 4.74 Å². The zero-order chi connectivity index (χ0) is 18.7. The fourth-order valence-corrected chi connectivity index (χ4v) is 2.58. The lowest BCUT2D eigenvalue weighted by Crippen LogP contribution is -2.37. The molecule has 0 unspecified atom stereocenters. The monoisotopic (exact) mass is 363 g/mol. The molecule has 1 aromatic heterocycles. The topological polar surface area (TPSA) is 63.5 Å². The predicted molar refractivity (Wildman–Crippen MR) is 108 cm³/mol. The van der Waals surface area contributed by atoms with Gasteiger partial charge < -0.3 is 15.4 Å². The highest BCUT2D eigenvalue weighted by atomic mass is 16.5. The van der Waals surface area contributed by atoms with Gasteiger partial charge in [0.05, 0.1) is 12.3 Å². The smallest absolute Gasteiger partial charge is 0.191 e. The normalized spacial score (nSPS) is 11.2. The van der Waals surface area contributed by atoms with Crippen molar-refractivity contribution in [2.45, 2.75) is 13.0 Å². The van der Waals surface area contributed by atoms with Crippen LogP contribution in [0.1, 0.15) is 12.0 Å². The van der Waals surface area contributed by atoms with E-state index < -0.39 is 0 Å². The number of aliphatic imine (C=N–C) groups is 1. The molecule has 0 aliphatic carbocycles. The Morgan fingerprint density at radius 1 is 1.04 bits per heavy atom. The second-order valence-electron chi connectivity index (χ2n) is 5.98. The van der Waals surface area contributed by atoms with Gasteiger partial charge in [-0.05, 0) is 42.3 Å². The third kappa shape index (κ3) is 5.88. The van der Waals surface area contributed by atoms with E-state index in [1.165, 1.54) is 5.56 Å². The first kappa shape index (κ1) is 18.5. The molecule has 0 aliphatic heterocycles. The maximum atomic E-state index is 5.69. The van der Waals surface area contributed by atoms with Crippen molar-refractivity contribution in [2.24, 2.45) is 4.99 Å². The summed E-state index contributed by atoms with van der Waals surface area (Å²) >= 11 is 0. The minimum Gasteiger partial charge on any atom is -0.494 e. The number of aromatic nitrogens is 2. The van der Waals surface area contributed by atoms with Gasteiger partial charge in [0.2, 0.25) is 0 Å². The molecule has 0 fully saturated rings. The highest BCUT2D eigenvalue weighted by molar-refractivity contribution is 5.79. The average molecular weight is 363 g/mol. The van der Waals surface area contributed by atoms with Crippen LogP contribution in [-0.2, 0) is 6.54 Å². The number of hydrogen-bond donors (Lipinski definition) is 2. The van der Waals surface area contributed by atoms with Gasteiger partial charge in [-0.1, -0.05) is 30.3 Å². The number of guanidine groups is 1. The van der Waals surface area contributed by atoms with Crippen molar-refractivity contribution in [1.82, 2.24) is 20.4 Å². The molecule has 2 aromatic carbocycles. The molecular formula is C21H25N5O. The van der Waals surface area contributed by atoms with Crippen molar-refractivity contribution in [3.8, 4) is 11.4 Å². The van der Waals surface area contributed by atoms with E-state index >= 15 is 0 Å². The van der Waals surface area contributed by atoms with Crippen LogP contribution in [0, 0.1) is 0 Å². The number of para-hydroxylation sites is 1. The molecule has 0 amide bonds. The molecule has 140 valence electrons. The van der Waals surface area contributed by atoms with Crippen molar-refractivity contribution in [1.29, 1.82) is 0 Å². The Morgan fingerprint density at radius 3 is 2.56 bits per heavy atom. The number of nitrogens with zero attached hydrogens (tertiary/aromatic N) is 3. The lowest BCUT2D eigenvalue weighted by atomic mass is 10.2. The second-order valence-corrected chi connectivity index (χ2v) is 5.98. The van der Waals surface area contributed by atoms with E-state index in [2.05, 4.69) is 45.0 Å². The highest BCUT2D eigenvalue weighted by Crippen LogP contribution is 2.09. The largest absolute Gasteiger partial charge is 0.494 e. The molecular weight excluding hydrogens is 338 g/mol. The van der Waals surface area contributed by atoms with Gasteiger partial charge in [-0.2, -0.15) is 5.10 Å². The van der Waals surface area contributed by atoms with Crippen LogP contribution in [0.25, 0.3) is 5.69 Å². The molecule has 0 radical (unpaired) electrons. The van der Waals surface area contributed by atoms with Crippen molar-refractivity contribution in [2.75, 3.05) is 20.2 Å². The zero-order valence-electron chi connectivity index (χ0n) is 15.5. The van der Waals surface area contributed by atoms with Crippen molar-refractivity contribution < 1.29 is 4.74 Å². The van der Waals surface area contributed by atoms with E-state index in [1.807, 2.05) is 47.3 Å². The minimum atomic E-state index is 0.670. The number of rotatable bonds is 8. The summed E-state index contributed by atoms with van der Waals surface area (Å²) in [4.78, 5) is 4.26. The standard InChI is InChI=1S/C21H25N5O/c1-22-21(23-13-6-16-27-20-7-3-2-4-8-20)24-17-18-9-11-19(12-10-18)26-15-5-14-25-26/h2-5,7-12,14-15H,6,13,16-17H2,1H3,(H2,22,23,24). The minimum absolute atomic E-state index is 0.670. The van der Waals surface area contributed by atoms with Gasteiger partial charge in [0.25, 0.3) is 0 Å². The van der Waals surface area contributed by atoms with E-state index in [0.717, 1.165) is 30.4 Å². The fraction of sp³-hybridized carbons (Fsp3) is 0.238. The number of ether oxygens (including phenoxy) is 1. The molecule has 0 aliphatic rings. The predicted octanol–water partition coefficient (Wildman–Crippen LogP) is 3.01. The molecule has 27 heavy (non-hydrogen) atoms. The molecule has 3 rings (SSSR count). The summed E-state index contributed by atoms with van der Waals surface area (Å²) in [7, 11) is 1.77. The van der Waals surface area contributed by atoms with E-state index in [0.29, 0.717) is 13.2 Å². The van der Waals surface area contributed by atoms with Crippen LogP contribution in [0.3, 0.4) is 0 Å². The van der Waals surface area contributed by atoms with E-state index in [-0.39, 0.29) is 0 Å². The fourth-order valence-electron chi connectivity index (χ4n) is 2.58. The molecule has 6 heteroatoms. The number of benzene rings is 2. The summed E-state index contributed by atoms with van der Waals surface area (Å²) in [5, 5.41) is 10.9. The Morgan fingerprint density at radius 2 is 1.85 bits per heavy atom. The maximum absolute atomic E-state index is 5.69. The second kappa shape index (κ2) is 10.0. The average Bonchev–Trinajstić information content (AvgIpc) is 3.26. The van der Waals surface area contributed by atoms with Crippen LogP contribution in [0.15, 0.2) is 78.0 Å². The third-order valence-corrected chi connectivity index (χ3v) is 4.01. The van der Waals surface area contributed by atoms with E-state index in [9.17, 15) is 0 Å². The summed E-state index contributed by atoms with van der Waals surface area (Å²) < 4.78 is 7.53. The first-order chi connectivity index (χ1) is 13.3. The van der Waals surface area contributed by atoms with Crippen LogP contribution >= 0.6 is 0 Å². The Labute approximate surface area is 159 Å². The molecule has 0 saturated heterocycles. The van der Waals surface area contributed by atoms with Gasteiger partial charge in [-0.25, -0.2) is 4.68 Å². The van der Waals surface area contributed by atoms with Crippen LogP contribution in [0.2, 0.25) is 0 Å². The summed E-state index contributed by atoms with van der Waals surface area (Å²) in [5.41, 5.74) is 2.23. The van der Waals surface area contributed by atoms with Crippen LogP contribution in [0.5, 0.6) is 5.75 Å². The quantitative estimate of drug-likeness (QED) is 0.367. The first-order valence-corrected chi connectivity index (χ1v) is 9.06. The molecule has 0 atom stereocenters. The molecule has 1 heterocycles. The van der Waals surface area contributed by atoms with Crippen molar-refractivity contribution in [3.05, 3.63) is 78.6 Å². The first-order valence-electron chi connectivity index (χ1n) is 9.06. The summed E-state index contributed by atoms with van der Waals surface area (Å²) in [6.07, 6.45) is 4.60. The number of hydrogen-bond acceptors (Lipinski definition) is 3. The molecule has 3 aromatic rings. The van der Waals surface area contributed by atoms with Gasteiger partial charge in [0.15, 0.2) is 5.96 Å². The summed E-state index contributed by atoms with van der Waals surface area (Å²) in [6, 6.07) is 20.1. The van der Waals surface area contributed by atoms with E-state index in [1.54, 1.807) is 13.2 Å². The summed E-state index contributed by atoms with van der Waals surface area (Å²) in [6.45, 7) is 2.17. The maximum Gasteiger partial charge on any atom is 0.191 e. The van der Waals surface area contributed by atoms with Crippen LogP contribution < -0.4 is 15.4 Å². The Bertz CT molecular complexity index is 814. The van der Waals surface area contributed by atoms with Gasteiger partial charge in [-0.3, -0.25) is 4.99 Å². The Kier molecular flexibility index (Phi) is 6.86. The Balaban J connectivity index is 1.36. The summed E-state index contributed by atoms with van der Waals surface area (Å²) in [5.74, 6) is 1.68. The van der Waals surface area contributed by atoms with Crippen LogP contribution in [0.4, 0.5) is 0 Å². The zero-order valence-corrected chi connectivity index (χ0v) is 15.5. The van der Waals surface area contributed by atoms with Gasteiger partial charge in [0, 0.05) is 32.5 Å². The third-order valence-electron chi connectivity index (χ3n) is 4.01. The SMILES string of the molecule is CN=C(NCCCOc1ccccc1)NCc1ccc(-n2cccn2)cc1. The van der Waals surface area contributed by atoms with Crippen molar-refractivity contribution in [3.63, 3.8) is 0 Å². The van der Waals surface area contributed by atoms with Gasteiger partial charge in [-0.15, -0.1) is 0 Å². The number of nitrogens with one attached hydrogen (secondary N) is 2. The van der Waals surface area contributed by atoms with Gasteiger partial charge in [0.1, 0.15) is 5.75 Å². The highest BCUT2D eigenvalue weighted by Gasteiger charge is 2.00. The molecule has 0 bridgehead atoms. The lowest BCUT2D eigenvalue weighted by molar-refractivity contribution is 0.311. The molecule has 6 nitrogen and oxygen atoms in total. The van der Waals surface area contributed by atoms with Crippen LogP contribution in [-0.4, -0.2) is 35.9 Å². The lowest BCUT2D eigenvalue weighted by Gasteiger charge is -2.12. The molecule has 0 spiro atoms. The Hall–Kier alpha value is -3.28. The molecule has 2 N–H and O–H groups in total. The van der Waals surface area contributed by atoms with Crippen molar-refractivity contribution >= 4 is 5.96 Å². The molecule has 0 saturated carbocycles. The van der Waals surface area contributed by atoms with Gasteiger partial charge >= 0.3 is 0 Å².